The lowest BCUT2D eigenvalue weighted by Crippen LogP contribution is -2.47. The van der Waals surface area contributed by atoms with Crippen LogP contribution in [0.15, 0.2) is 48.5 Å². The molecule has 2 aromatic carbocycles. The molecule has 0 aliphatic carbocycles. The highest BCUT2D eigenvalue weighted by Crippen LogP contribution is 2.26. The number of carbonyl (C=O) groups is 1. The van der Waals surface area contributed by atoms with Crippen molar-refractivity contribution < 1.29 is 22.3 Å². The minimum absolute atomic E-state index is 0.162. The first-order chi connectivity index (χ1) is 12.8. The summed E-state index contributed by atoms with van der Waals surface area (Å²) in [5, 5.41) is 2.69. The quantitative estimate of drug-likeness (QED) is 0.745. The highest BCUT2D eigenvalue weighted by atomic mass is 32.2. The molecule has 8 heteroatoms. The zero-order chi connectivity index (χ0) is 20.0. The molecule has 0 unspecified atom stereocenters. The molecule has 0 saturated carbocycles. The Kier molecular flexibility index (Phi) is 6.79. The molecule has 2 rings (SSSR count). The number of benzene rings is 2. The van der Waals surface area contributed by atoms with E-state index in [0.29, 0.717) is 18.0 Å². The van der Waals surface area contributed by atoms with Crippen LogP contribution in [0, 0.1) is 5.82 Å². The second kappa shape index (κ2) is 8.85. The average Bonchev–Trinajstić information content (AvgIpc) is 2.60. The third kappa shape index (κ3) is 5.19. The van der Waals surface area contributed by atoms with Crippen LogP contribution in [0.5, 0.6) is 5.75 Å². The van der Waals surface area contributed by atoms with Crippen molar-refractivity contribution >= 4 is 27.3 Å². The Balaban J connectivity index is 2.35. The van der Waals surface area contributed by atoms with Crippen molar-refractivity contribution in [2.75, 3.05) is 22.5 Å². The first-order valence-electron chi connectivity index (χ1n) is 8.55. The van der Waals surface area contributed by atoms with E-state index in [1.165, 1.54) is 18.2 Å². The fourth-order valence-electron chi connectivity index (χ4n) is 2.72. The maximum Gasteiger partial charge on any atom is 0.248 e. The summed E-state index contributed by atoms with van der Waals surface area (Å²) in [4.78, 5) is 12.8. The molecule has 0 fully saturated rings. The second-order valence-corrected chi connectivity index (χ2v) is 7.74. The number of para-hydroxylation sites is 1. The first kappa shape index (κ1) is 20.7. The lowest BCUT2D eigenvalue weighted by molar-refractivity contribution is -0.117. The zero-order valence-electron chi connectivity index (χ0n) is 15.5. The zero-order valence-corrected chi connectivity index (χ0v) is 16.3. The Morgan fingerprint density at radius 3 is 2.48 bits per heavy atom. The number of amides is 1. The summed E-state index contributed by atoms with van der Waals surface area (Å²) in [7, 11) is -3.90. The molecule has 1 N–H and O–H groups in total. The van der Waals surface area contributed by atoms with Gasteiger partial charge in [0.05, 0.1) is 18.6 Å². The lowest BCUT2D eigenvalue weighted by atomic mass is 10.1. The van der Waals surface area contributed by atoms with Gasteiger partial charge in [0.1, 0.15) is 17.6 Å². The Morgan fingerprint density at radius 1 is 1.19 bits per heavy atom. The van der Waals surface area contributed by atoms with Crippen LogP contribution in [0.2, 0.25) is 0 Å². The van der Waals surface area contributed by atoms with Crippen molar-refractivity contribution in [2.45, 2.75) is 26.3 Å². The molecule has 0 aliphatic rings. The largest absolute Gasteiger partial charge is 0.494 e. The predicted molar refractivity (Wildman–Crippen MR) is 104 cm³/mol. The third-order valence-corrected chi connectivity index (χ3v) is 5.00. The minimum Gasteiger partial charge on any atom is -0.494 e. The number of sulfonamides is 1. The van der Waals surface area contributed by atoms with E-state index in [-0.39, 0.29) is 12.1 Å². The molecule has 0 radical (unpaired) electrons. The Morgan fingerprint density at radius 2 is 1.89 bits per heavy atom. The highest BCUT2D eigenvalue weighted by Gasteiger charge is 2.33. The summed E-state index contributed by atoms with van der Waals surface area (Å²) in [5.74, 6) is -0.690. The summed E-state index contributed by atoms with van der Waals surface area (Å²) in [6, 6.07) is 11.1. The second-order valence-electron chi connectivity index (χ2n) is 5.88. The molecule has 0 spiro atoms. The van der Waals surface area contributed by atoms with Crippen molar-refractivity contribution in [2.24, 2.45) is 0 Å². The predicted octanol–water partition coefficient (Wildman–Crippen LogP) is 3.41. The summed E-state index contributed by atoms with van der Waals surface area (Å²) in [6.45, 7) is 3.99. The number of rotatable bonds is 8. The van der Waals surface area contributed by atoms with Crippen molar-refractivity contribution in [3.63, 3.8) is 0 Å². The molecule has 146 valence electrons. The van der Waals surface area contributed by atoms with E-state index in [0.717, 1.165) is 16.6 Å². The van der Waals surface area contributed by atoms with Gasteiger partial charge in [-0.2, -0.15) is 0 Å². The van der Waals surface area contributed by atoms with Crippen LogP contribution in [0.3, 0.4) is 0 Å². The SMILES string of the molecule is CCOc1cccc(NC(=O)[C@H](CC)N(c2ccccc2F)S(C)(=O)=O)c1. The number of halogens is 1. The van der Waals surface area contributed by atoms with Gasteiger partial charge >= 0.3 is 0 Å². The number of anilines is 2. The van der Waals surface area contributed by atoms with E-state index >= 15 is 0 Å². The number of hydrogen-bond donors (Lipinski definition) is 1. The van der Waals surface area contributed by atoms with E-state index in [1.54, 1.807) is 31.2 Å². The molecule has 0 bridgehead atoms. The molecule has 0 heterocycles. The molecular weight excluding hydrogens is 371 g/mol. The molecule has 1 amide bonds. The van der Waals surface area contributed by atoms with Crippen LogP contribution in [0.1, 0.15) is 20.3 Å². The van der Waals surface area contributed by atoms with Gasteiger partial charge in [0.15, 0.2) is 0 Å². The van der Waals surface area contributed by atoms with Crippen LogP contribution in [-0.4, -0.2) is 33.2 Å². The Hall–Kier alpha value is -2.61. The van der Waals surface area contributed by atoms with E-state index in [9.17, 15) is 17.6 Å². The van der Waals surface area contributed by atoms with Crippen LogP contribution in [0.4, 0.5) is 15.8 Å². The maximum atomic E-state index is 14.2. The molecule has 1 atom stereocenters. The van der Waals surface area contributed by atoms with Gasteiger partial charge < -0.3 is 10.1 Å². The summed E-state index contributed by atoms with van der Waals surface area (Å²) >= 11 is 0. The fraction of sp³-hybridized carbons (Fsp3) is 0.316. The topological polar surface area (TPSA) is 75.7 Å². The van der Waals surface area contributed by atoms with Gasteiger partial charge in [0.2, 0.25) is 15.9 Å². The number of ether oxygens (including phenoxy) is 1. The lowest BCUT2D eigenvalue weighted by Gasteiger charge is -2.30. The van der Waals surface area contributed by atoms with Gasteiger partial charge in [-0.15, -0.1) is 0 Å². The summed E-state index contributed by atoms with van der Waals surface area (Å²) < 4.78 is 45.1. The molecule has 0 aliphatic heterocycles. The van der Waals surface area contributed by atoms with E-state index < -0.39 is 27.8 Å². The fourth-order valence-corrected chi connectivity index (χ4v) is 3.93. The normalized spacial score (nSPS) is 12.3. The number of nitrogens with one attached hydrogen (secondary N) is 1. The molecule has 0 aromatic heterocycles. The number of hydrogen-bond acceptors (Lipinski definition) is 4. The minimum atomic E-state index is -3.90. The molecular formula is C19H23FN2O4S. The third-order valence-electron chi connectivity index (χ3n) is 3.83. The van der Waals surface area contributed by atoms with Crippen LogP contribution in [-0.2, 0) is 14.8 Å². The van der Waals surface area contributed by atoms with Gasteiger partial charge in [-0.05, 0) is 37.6 Å². The Bertz CT molecular complexity index is 902. The average molecular weight is 394 g/mol. The van der Waals surface area contributed by atoms with Crippen molar-refractivity contribution in [3.8, 4) is 5.75 Å². The summed E-state index contributed by atoms with van der Waals surface area (Å²) in [6.07, 6.45) is 1.11. The van der Waals surface area contributed by atoms with Gasteiger partial charge in [-0.25, -0.2) is 12.8 Å². The van der Waals surface area contributed by atoms with E-state index in [2.05, 4.69) is 5.32 Å². The number of carbonyl (C=O) groups excluding carboxylic acids is 1. The van der Waals surface area contributed by atoms with Crippen molar-refractivity contribution in [1.82, 2.24) is 0 Å². The maximum absolute atomic E-state index is 14.2. The van der Waals surface area contributed by atoms with Crippen molar-refractivity contribution in [3.05, 3.63) is 54.3 Å². The molecule has 6 nitrogen and oxygen atoms in total. The van der Waals surface area contributed by atoms with Gasteiger partial charge in [-0.3, -0.25) is 9.10 Å². The van der Waals surface area contributed by atoms with Gasteiger partial charge in [0, 0.05) is 11.8 Å². The first-order valence-corrected chi connectivity index (χ1v) is 10.4. The van der Waals surface area contributed by atoms with Crippen molar-refractivity contribution in [1.29, 1.82) is 0 Å². The van der Waals surface area contributed by atoms with Crippen LogP contribution >= 0.6 is 0 Å². The molecule has 0 saturated heterocycles. The Labute approximate surface area is 159 Å². The molecule has 2 aromatic rings. The summed E-state index contributed by atoms with van der Waals surface area (Å²) in [5.41, 5.74) is 0.302. The van der Waals surface area contributed by atoms with Gasteiger partial charge in [-0.1, -0.05) is 25.1 Å². The molecule has 27 heavy (non-hydrogen) atoms. The smallest absolute Gasteiger partial charge is 0.248 e. The number of nitrogens with zero attached hydrogens (tertiary/aromatic N) is 1. The van der Waals surface area contributed by atoms with Crippen LogP contribution < -0.4 is 14.4 Å². The van der Waals surface area contributed by atoms with E-state index in [1.807, 2.05) is 6.92 Å². The monoisotopic (exact) mass is 394 g/mol. The highest BCUT2D eigenvalue weighted by molar-refractivity contribution is 7.92. The van der Waals surface area contributed by atoms with E-state index in [4.69, 9.17) is 4.74 Å². The van der Waals surface area contributed by atoms with Crippen LogP contribution in [0.25, 0.3) is 0 Å². The van der Waals surface area contributed by atoms with Gasteiger partial charge in [0.25, 0.3) is 0 Å². The standard InChI is InChI=1S/C19H23FN2O4S/c1-4-17(19(23)21-14-9-8-10-15(13-14)26-5-2)22(27(3,24)25)18-12-7-6-11-16(18)20/h6-13,17H,4-5H2,1-3H3,(H,21,23)/t17-/m0/s1.